The van der Waals surface area contributed by atoms with Gasteiger partial charge in [0.25, 0.3) is 0 Å². The van der Waals surface area contributed by atoms with Crippen LogP contribution < -0.4 is 0 Å². The maximum Gasteiger partial charge on any atom is 0.227 e. The first-order valence-electron chi connectivity index (χ1n) is 11.0. The predicted molar refractivity (Wildman–Crippen MR) is 146 cm³/mol. The molecular formula is C30H24N4. The third kappa shape index (κ3) is 3.51. The van der Waals surface area contributed by atoms with Crippen molar-refractivity contribution in [1.29, 1.82) is 5.41 Å². The Hall–Kier alpha value is -4.70. The fourth-order valence-corrected chi connectivity index (χ4v) is 4.27. The molecule has 0 bridgehead atoms. The topological polar surface area (TPSA) is 46.1 Å². The Labute approximate surface area is 198 Å². The third-order valence-electron chi connectivity index (χ3n) is 5.92. The minimum atomic E-state index is 0.112. The molecule has 5 rings (SSSR count). The first kappa shape index (κ1) is 21.2. The van der Waals surface area contributed by atoms with Crippen LogP contribution in [0, 0.1) is 5.41 Å². The number of benzene rings is 3. The van der Waals surface area contributed by atoms with E-state index in [1.807, 2.05) is 47.0 Å². The molecule has 0 saturated heterocycles. The predicted octanol–water partition coefficient (Wildman–Crippen LogP) is 7.45. The lowest BCUT2D eigenvalue weighted by Crippen LogP contribution is -2.09. The van der Waals surface area contributed by atoms with Crippen LogP contribution in [0.1, 0.15) is 0 Å². The molecule has 4 heteroatoms. The maximum absolute atomic E-state index is 8.94. The van der Waals surface area contributed by atoms with Crippen molar-refractivity contribution in [3.05, 3.63) is 128 Å². The van der Waals surface area contributed by atoms with E-state index in [0.29, 0.717) is 5.57 Å². The van der Waals surface area contributed by atoms with Crippen LogP contribution in [0.5, 0.6) is 0 Å². The number of fused-ring (bicyclic) bond motifs is 5. The van der Waals surface area contributed by atoms with Gasteiger partial charge < -0.3 is 4.57 Å². The number of aliphatic imine (C=N–C) groups is 1. The van der Waals surface area contributed by atoms with E-state index in [0.717, 1.165) is 44.0 Å². The number of rotatable bonds is 5. The van der Waals surface area contributed by atoms with Crippen molar-refractivity contribution >= 4 is 44.9 Å². The second-order valence-electron chi connectivity index (χ2n) is 8.00. The van der Waals surface area contributed by atoms with E-state index < -0.39 is 0 Å². The van der Waals surface area contributed by atoms with Gasteiger partial charge in [-0.2, -0.15) is 0 Å². The highest BCUT2D eigenvalue weighted by molar-refractivity contribution is 6.21. The number of hydrogen-bond donors (Lipinski definition) is 1. The molecule has 2 aromatic heterocycles. The average molecular weight is 441 g/mol. The summed E-state index contributed by atoms with van der Waals surface area (Å²) in [5.41, 5.74) is 5.35. The fourth-order valence-electron chi connectivity index (χ4n) is 4.27. The second-order valence-corrected chi connectivity index (χ2v) is 8.00. The lowest BCUT2D eigenvalue weighted by atomic mass is 10.1. The van der Waals surface area contributed by atoms with E-state index in [4.69, 9.17) is 5.41 Å². The van der Waals surface area contributed by atoms with Crippen molar-refractivity contribution < 1.29 is 0 Å². The van der Waals surface area contributed by atoms with Gasteiger partial charge in [-0.3, -0.25) is 9.98 Å². The lowest BCUT2D eigenvalue weighted by Gasteiger charge is -2.10. The summed E-state index contributed by atoms with van der Waals surface area (Å²) in [5, 5.41) is 12.2. The highest BCUT2D eigenvalue weighted by Gasteiger charge is 2.18. The van der Waals surface area contributed by atoms with E-state index >= 15 is 0 Å². The lowest BCUT2D eigenvalue weighted by molar-refractivity contribution is 1.12. The molecular weight excluding hydrogens is 416 g/mol. The smallest absolute Gasteiger partial charge is 0.227 e. The summed E-state index contributed by atoms with van der Waals surface area (Å²) >= 11 is 0. The number of para-hydroxylation sites is 2. The number of hydrogen-bond acceptors (Lipinski definition) is 1. The van der Waals surface area contributed by atoms with Crippen LogP contribution in [0.3, 0.4) is 0 Å². The Morgan fingerprint density at radius 2 is 1.59 bits per heavy atom. The van der Waals surface area contributed by atoms with E-state index in [9.17, 15) is 0 Å². The van der Waals surface area contributed by atoms with Crippen molar-refractivity contribution in [2.75, 3.05) is 0 Å². The molecule has 0 aliphatic heterocycles. The first-order chi connectivity index (χ1) is 16.6. The number of allylic oxidation sites excluding steroid dienone is 5. The summed E-state index contributed by atoms with van der Waals surface area (Å²) in [6.45, 7) is 11.7. The number of nitrogens with one attached hydrogen (secondary N) is 1. The van der Waals surface area contributed by atoms with Gasteiger partial charge in [0.2, 0.25) is 5.96 Å². The van der Waals surface area contributed by atoms with Crippen LogP contribution in [0.15, 0.2) is 133 Å². The van der Waals surface area contributed by atoms with Gasteiger partial charge in [-0.25, -0.2) is 4.99 Å². The van der Waals surface area contributed by atoms with Crippen LogP contribution in [0.25, 0.3) is 38.4 Å². The molecule has 0 saturated carbocycles. The van der Waals surface area contributed by atoms with Crippen LogP contribution in [0.2, 0.25) is 0 Å². The third-order valence-corrected chi connectivity index (χ3v) is 5.92. The molecule has 0 atom stereocenters. The van der Waals surface area contributed by atoms with E-state index in [1.165, 1.54) is 0 Å². The molecule has 0 spiro atoms. The molecule has 0 aliphatic carbocycles. The van der Waals surface area contributed by atoms with Crippen molar-refractivity contribution in [3.63, 3.8) is 0 Å². The van der Waals surface area contributed by atoms with Gasteiger partial charge in [0, 0.05) is 34.3 Å². The zero-order valence-corrected chi connectivity index (χ0v) is 18.8. The van der Waals surface area contributed by atoms with Gasteiger partial charge in [0.1, 0.15) is 0 Å². The summed E-state index contributed by atoms with van der Waals surface area (Å²) in [4.78, 5) is 4.48. The highest BCUT2D eigenvalue weighted by Crippen LogP contribution is 2.35. The molecule has 0 fully saturated rings. The molecule has 0 amide bonds. The Kier molecular flexibility index (Phi) is 5.40. The summed E-state index contributed by atoms with van der Waals surface area (Å²) < 4.78 is 4.09. The summed E-state index contributed by atoms with van der Waals surface area (Å²) in [6.07, 6.45) is 8.97. The second kappa shape index (κ2) is 8.68. The monoisotopic (exact) mass is 440 g/mol. The molecule has 34 heavy (non-hydrogen) atoms. The standard InChI is InChI=1S/C30H24N4/c1-4-5-11-21(2)22(3)20-32-30(31)34-27-15-10-9-14-25(27)26-17-16-23-18-19-33(28(23)29(26)34)24-12-7-6-8-13-24/h4-20,31H,1-3H2/b11-5-,31-30?,32-20-. The minimum Gasteiger partial charge on any atom is -0.315 e. The molecule has 5 aromatic rings. The largest absolute Gasteiger partial charge is 0.315 e. The Bertz CT molecular complexity index is 1660. The van der Waals surface area contributed by atoms with Gasteiger partial charge in [-0.05, 0) is 35.4 Å². The van der Waals surface area contributed by atoms with Crippen molar-refractivity contribution in [2.45, 2.75) is 0 Å². The quantitative estimate of drug-likeness (QED) is 0.168. The molecule has 0 radical (unpaired) electrons. The molecule has 1 N–H and O–H groups in total. The number of nitrogens with zero attached hydrogens (tertiary/aromatic N) is 3. The van der Waals surface area contributed by atoms with Crippen LogP contribution in [-0.4, -0.2) is 21.3 Å². The maximum atomic E-state index is 8.94. The molecule has 2 heterocycles. The molecule has 164 valence electrons. The van der Waals surface area contributed by atoms with E-state index in [1.54, 1.807) is 18.4 Å². The minimum absolute atomic E-state index is 0.112. The van der Waals surface area contributed by atoms with Gasteiger partial charge >= 0.3 is 0 Å². The Morgan fingerprint density at radius 3 is 2.38 bits per heavy atom. The van der Waals surface area contributed by atoms with E-state index in [-0.39, 0.29) is 5.96 Å². The Morgan fingerprint density at radius 1 is 0.824 bits per heavy atom. The van der Waals surface area contributed by atoms with E-state index in [2.05, 4.69) is 71.9 Å². The molecule has 0 unspecified atom stereocenters. The van der Waals surface area contributed by atoms with Crippen LogP contribution in [-0.2, 0) is 0 Å². The average Bonchev–Trinajstić information content (AvgIpc) is 3.45. The summed E-state index contributed by atoms with van der Waals surface area (Å²) in [6, 6.07) is 24.7. The molecule has 0 aliphatic rings. The van der Waals surface area contributed by atoms with Crippen molar-refractivity contribution in [3.8, 4) is 5.69 Å². The van der Waals surface area contributed by atoms with Crippen LogP contribution >= 0.6 is 0 Å². The zero-order chi connectivity index (χ0) is 23.7. The Balaban J connectivity index is 1.74. The highest BCUT2D eigenvalue weighted by atomic mass is 15.2. The summed E-state index contributed by atoms with van der Waals surface area (Å²) in [7, 11) is 0. The first-order valence-corrected chi connectivity index (χ1v) is 11.0. The summed E-state index contributed by atoms with van der Waals surface area (Å²) in [5.74, 6) is 0.112. The SMILES string of the molecule is C=C/C=C\C(=C)C(=C)/C=N\C(=N)n1c2ccccc2c2ccc3ccn(-c4ccccc4)c3c21. The van der Waals surface area contributed by atoms with Gasteiger partial charge in [-0.1, -0.05) is 86.5 Å². The number of aromatic nitrogens is 2. The van der Waals surface area contributed by atoms with Gasteiger partial charge in [0.05, 0.1) is 16.6 Å². The zero-order valence-electron chi connectivity index (χ0n) is 18.8. The molecule has 3 aromatic carbocycles. The molecule has 4 nitrogen and oxygen atoms in total. The fraction of sp³-hybridized carbons (Fsp3) is 0. The van der Waals surface area contributed by atoms with Crippen molar-refractivity contribution in [2.24, 2.45) is 4.99 Å². The van der Waals surface area contributed by atoms with Crippen molar-refractivity contribution in [1.82, 2.24) is 9.13 Å². The normalized spacial score (nSPS) is 11.8. The van der Waals surface area contributed by atoms with Gasteiger partial charge in [0.15, 0.2) is 0 Å². The van der Waals surface area contributed by atoms with Gasteiger partial charge in [-0.15, -0.1) is 0 Å². The van der Waals surface area contributed by atoms with Crippen LogP contribution in [0.4, 0.5) is 0 Å².